The van der Waals surface area contributed by atoms with E-state index in [9.17, 15) is 5.21 Å². The van der Waals surface area contributed by atoms with Crippen LogP contribution in [-0.2, 0) is 6.54 Å². The Bertz CT molecular complexity index is 585. The van der Waals surface area contributed by atoms with Gasteiger partial charge in [0.05, 0.1) is 7.11 Å². The molecule has 0 aliphatic rings. The normalized spacial score (nSPS) is 10.8. The molecule has 2 aromatic rings. The number of nitrogens with zero attached hydrogens (tertiary/aromatic N) is 2. The maximum Gasteiger partial charge on any atom is 0.209 e. The van der Waals surface area contributed by atoms with E-state index in [1.54, 1.807) is 18.9 Å². The van der Waals surface area contributed by atoms with E-state index >= 15 is 0 Å². The summed E-state index contributed by atoms with van der Waals surface area (Å²) in [5.41, 5.74) is 0.789. The summed E-state index contributed by atoms with van der Waals surface area (Å²) >= 11 is 1.62. The molecule has 0 unspecified atom stereocenters. The van der Waals surface area contributed by atoms with Gasteiger partial charge < -0.3 is 21.3 Å². The van der Waals surface area contributed by atoms with Gasteiger partial charge in [-0.1, -0.05) is 28.8 Å². The van der Waals surface area contributed by atoms with Gasteiger partial charge in [-0.15, -0.1) is 0 Å². The third kappa shape index (κ3) is 4.97. The van der Waals surface area contributed by atoms with E-state index in [1.165, 1.54) is 0 Å². The van der Waals surface area contributed by atoms with Gasteiger partial charge in [-0.05, 0) is 36.4 Å². The van der Waals surface area contributed by atoms with E-state index in [2.05, 4.69) is 5.28 Å². The number of hydroxylamine groups is 1. The van der Waals surface area contributed by atoms with Crippen molar-refractivity contribution >= 4 is 11.8 Å². The molecular formula is C14H18N3O3S+. The number of benzene rings is 2. The van der Waals surface area contributed by atoms with Gasteiger partial charge in [0.15, 0.2) is 5.28 Å². The van der Waals surface area contributed by atoms with Gasteiger partial charge >= 0.3 is 0 Å². The zero-order chi connectivity index (χ0) is 14.4. The predicted molar refractivity (Wildman–Crippen MR) is 81.1 cm³/mol. The van der Waals surface area contributed by atoms with Crippen molar-refractivity contribution in [2.24, 2.45) is 5.28 Å². The molecule has 0 aliphatic carbocycles. The summed E-state index contributed by atoms with van der Waals surface area (Å²) in [7, 11) is 1.64. The quantitative estimate of drug-likeness (QED) is 0.493. The molecule has 21 heavy (non-hydrogen) atoms. The first-order valence-electron chi connectivity index (χ1n) is 5.92. The molecule has 0 spiro atoms. The fraction of sp³-hybridized carbons (Fsp3) is 0.143. The Labute approximate surface area is 127 Å². The van der Waals surface area contributed by atoms with E-state index in [0.717, 1.165) is 21.1 Å². The number of rotatable bonds is 5. The minimum absolute atomic E-state index is 0. The van der Waals surface area contributed by atoms with Crippen LogP contribution in [0.2, 0.25) is 0 Å². The highest BCUT2D eigenvalue weighted by molar-refractivity contribution is 7.99. The summed E-state index contributed by atoms with van der Waals surface area (Å²) in [6.45, 7) is 0.0317. The van der Waals surface area contributed by atoms with Crippen molar-refractivity contribution in [2.75, 3.05) is 7.11 Å². The smallest absolute Gasteiger partial charge is 0.209 e. The van der Waals surface area contributed by atoms with Crippen LogP contribution >= 0.6 is 11.8 Å². The van der Waals surface area contributed by atoms with Crippen LogP contribution in [0.5, 0.6) is 5.75 Å². The Kier molecular flexibility index (Phi) is 6.51. The van der Waals surface area contributed by atoms with Crippen molar-refractivity contribution in [2.45, 2.75) is 16.3 Å². The lowest BCUT2D eigenvalue weighted by Gasteiger charge is -2.04. The highest BCUT2D eigenvalue weighted by atomic mass is 32.2. The maximum absolute atomic E-state index is 10.9. The van der Waals surface area contributed by atoms with Gasteiger partial charge in [0.1, 0.15) is 5.75 Å². The third-order valence-electron chi connectivity index (χ3n) is 2.64. The molecule has 7 heteroatoms. The molecule has 5 N–H and O–H groups in total. The lowest BCUT2D eigenvalue weighted by Crippen LogP contribution is -1.99. The summed E-state index contributed by atoms with van der Waals surface area (Å²) in [5.74, 6) is 0.827. The molecule has 0 saturated carbocycles. The van der Waals surface area contributed by atoms with Gasteiger partial charge in [0, 0.05) is 15.4 Å². The Morgan fingerprint density at radius 2 is 1.62 bits per heavy atom. The molecule has 0 bridgehead atoms. The first-order valence-corrected chi connectivity index (χ1v) is 6.73. The lowest BCUT2D eigenvalue weighted by molar-refractivity contribution is -0.570. The number of methoxy groups -OCH3 is 1. The average molecular weight is 308 g/mol. The molecule has 0 aromatic heterocycles. The summed E-state index contributed by atoms with van der Waals surface area (Å²) in [4.78, 5) is 2.40. The van der Waals surface area contributed by atoms with Gasteiger partial charge in [-0.25, -0.2) is 0 Å². The summed E-state index contributed by atoms with van der Waals surface area (Å²) in [6.07, 6.45) is 0. The average Bonchev–Trinajstić information content (AvgIpc) is 2.50. The second-order valence-electron chi connectivity index (χ2n) is 4.02. The van der Waals surface area contributed by atoms with Gasteiger partial charge in [0.2, 0.25) is 6.54 Å². The van der Waals surface area contributed by atoms with Crippen molar-refractivity contribution in [3.05, 3.63) is 59.3 Å². The lowest BCUT2D eigenvalue weighted by atomic mass is 10.2. The zero-order valence-electron chi connectivity index (χ0n) is 11.9. The van der Waals surface area contributed by atoms with Crippen molar-refractivity contribution in [3.63, 3.8) is 0 Å². The molecule has 0 amide bonds. The number of quaternary nitrogens is 1. The summed E-state index contributed by atoms with van der Waals surface area (Å²) < 4.78 is 5.11. The first-order chi connectivity index (χ1) is 9.71. The Balaban J connectivity index is 0.00000220. The van der Waals surface area contributed by atoms with Crippen LogP contribution in [0.25, 0.3) is 0 Å². The van der Waals surface area contributed by atoms with Crippen molar-refractivity contribution < 1.29 is 14.8 Å². The van der Waals surface area contributed by atoms with Crippen molar-refractivity contribution in [3.8, 4) is 5.75 Å². The van der Waals surface area contributed by atoms with Crippen molar-refractivity contribution in [1.82, 2.24) is 6.15 Å². The molecule has 2 aromatic carbocycles. The molecule has 112 valence electrons. The Morgan fingerprint density at radius 1 is 1.10 bits per heavy atom. The topological polar surface area (TPSA) is 104 Å². The fourth-order valence-electron chi connectivity index (χ4n) is 1.63. The second kappa shape index (κ2) is 8.13. The molecule has 0 aliphatic heterocycles. The van der Waals surface area contributed by atoms with Gasteiger partial charge in [0.25, 0.3) is 0 Å². The first kappa shape index (κ1) is 16.8. The van der Waals surface area contributed by atoms with Crippen LogP contribution in [0.1, 0.15) is 5.56 Å². The summed E-state index contributed by atoms with van der Waals surface area (Å²) in [5, 5.41) is 21.8. The van der Waals surface area contributed by atoms with Crippen LogP contribution in [0, 0.1) is 5.21 Å². The fourth-order valence-corrected chi connectivity index (χ4v) is 2.45. The number of ether oxygens (including phenoxy) is 1. The number of hydrogen-bond acceptors (Lipinski definition) is 4. The molecule has 0 heterocycles. The second-order valence-corrected chi connectivity index (χ2v) is 5.17. The van der Waals surface area contributed by atoms with E-state index in [-0.39, 0.29) is 17.6 Å². The molecule has 6 nitrogen and oxygen atoms in total. The van der Waals surface area contributed by atoms with Crippen LogP contribution in [0.3, 0.4) is 0 Å². The number of hydrogen-bond donors (Lipinski definition) is 2. The van der Waals surface area contributed by atoms with E-state index < -0.39 is 0 Å². The Hall–Kier alpha value is -2.25. The maximum atomic E-state index is 10.9. The largest absolute Gasteiger partial charge is 0.597 e. The standard InChI is InChI=1S/C14H14N2O3S.H3N/c1-19-12-4-8-14(9-5-12)20-13-6-2-11(3-7-13)10-16(18)15-17;/h2-9,17H,10H2,1H3;1H3/p+1/b16-15+;. The molecule has 0 radical (unpaired) electrons. The summed E-state index contributed by atoms with van der Waals surface area (Å²) in [6, 6.07) is 15.3. The van der Waals surface area contributed by atoms with E-state index in [0.29, 0.717) is 0 Å². The van der Waals surface area contributed by atoms with Gasteiger partial charge in [-0.3, -0.25) is 0 Å². The van der Waals surface area contributed by atoms with Crippen LogP contribution in [-0.4, -0.2) is 17.2 Å². The van der Waals surface area contributed by atoms with E-state index in [4.69, 9.17) is 9.94 Å². The van der Waals surface area contributed by atoms with E-state index in [1.807, 2.05) is 48.5 Å². The zero-order valence-corrected chi connectivity index (χ0v) is 12.7. The predicted octanol–water partition coefficient (Wildman–Crippen LogP) is 4.07. The van der Waals surface area contributed by atoms with Crippen LogP contribution in [0.4, 0.5) is 0 Å². The molecule has 0 atom stereocenters. The molecule has 0 saturated heterocycles. The van der Waals surface area contributed by atoms with Gasteiger partial charge in [-0.2, -0.15) is 0 Å². The third-order valence-corrected chi connectivity index (χ3v) is 3.65. The Morgan fingerprint density at radius 3 is 2.10 bits per heavy atom. The monoisotopic (exact) mass is 308 g/mol. The SMILES string of the molecule is COc1ccc(Sc2ccc(C/[N+]([O-])=N\O)cc2)cc1.[NH4+]. The molecule has 0 fully saturated rings. The molecular weight excluding hydrogens is 290 g/mol. The van der Waals surface area contributed by atoms with Crippen LogP contribution in [0.15, 0.2) is 63.6 Å². The molecule has 2 rings (SSSR count). The highest BCUT2D eigenvalue weighted by Crippen LogP contribution is 2.29. The minimum Gasteiger partial charge on any atom is -0.597 e. The van der Waals surface area contributed by atoms with Crippen LogP contribution < -0.4 is 10.9 Å². The minimum atomic E-state index is 0. The highest BCUT2D eigenvalue weighted by Gasteiger charge is 2.02. The van der Waals surface area contributed by atoms with Crippen molar-refractivity contribution in [1.29, 1.82) is 0 Å².